The van der Waals surface area contributed by atoms with E-state index in [1.165, 1.54) is 25.3 Å². The first-order valence-electron chi connectivity index (χ1n) is 10.6. The van der Waals surface area contributed by atoms with Crippen LogP contribution in [0.3, 0.4) is 0 Å². The van der Waals surface area contributed by atoms with Crippen LogP contribution in [0.1, 0.15) is 11.1 Å². The number of nitrogens with zero attached hydrogens (tertiary/aromatic N) is 3. The van der Waals surface area contributed by atoms with Crippen LogP contribution in [-0.4, -0.2) is 33.3 Å². The summed E-state index contributed by atoms with van der Waals surface area (Å²) in [6, 6.07) is 17.8. The Kier molecular flexibility index (Phi) is 8.06. The van der Waals surface area contributed by atoms with E-state index in [1.54, 1.807) is 54.6 Å². The zero-order valence-electron chi connectivity index (χ0n) is 19.2. The molecular weight excluding hydrogens is 522 g/mol. The zero-order chi connectivity index (χ0) is 26.4. The third-order valence-corrected chi connectivity index (χ3v) is 6.04. The van der Waals surface area contributed by atoms with Gasteiger partial charge in [-0.25, -0.2) is 4.79 Å². The number of carboxylic acids is 1. The highest BCUT2D eigenvalue weighted by molar-refractivity contribution is 8.03. The van der Waals surface area contributed by atoms with Gasteiger partial charge in [-0.1, -0.05) is 29.8 Å². The van der Waals surface area contributed by atoms with E-state index in [1.807, 2.05) is 0 Å². The number of ether oxygens (including phenoxy) is 2. The van der Waals surface area contributed by atoms with Gasteiger partial charge >= 0.3 is 5.97 Å². The fraction of sp³-hybridized carbons (Fsp3) is 0.0800. The molecule has 1 heterocycles. The number of para-hydroxylation sites is 1. The maximum Gasteiger partial charge on any atom is 0.342 e. The van der Waals surface area contributed by atoms with Crippen LogP contribution in [0.2, 0.25) is 5.02 Å². The second-order valence-corrected chi connectivity index (χ2v) is 8.81. The number of hydrogen-bond acceptors (Lipinski definition) is 9. The number of hydrogen-bond donors (Lipinski definition) is 1. The van der Waals surface area contributed by atoms with Crippen LogP contribution >= 0.6 is 23.4 Å². The zero-order valence-corrected chi connectivity index (χ0v) is 20.7. The van der Waals surface area contributed by atoms with Crippen molar-refractivity contribution in [3.63, 3.8) is 0 Å². The van der Waals surface area contributed by atoms with Gasteiger partial charge in [0.1, 0.15) is 23.0 Å². The van der Waals surface area contributed by atoms with Crippen molar-refractivity contribution in [1.82, 2.24) is 10.2 Å². The Bertz CT molecular complexity index is 1470. The van der Waals surface area contributed by atoms with E-state index in [0.717, 1.165) is 11.8 Å². The molecule has 0 saturated carbocycles. The second-order valence-electron chi connectivity index (χ2n) is 7.38. The molecule has 188 valence electrons. The van der Waals surface area contributed by atoms with Gasteiger partial charge in [-0.05, 0) is 59.8 Å². The van der Waals surface area contributed by atoms with E-state index in [4.69, 9.17) is 25.5 Å². The number of aliphatic carboxylic acids is 1. The van der Waals surface area contributed by atoms with Crippen molar-refractivity contribution in [2.45, 2.75) is 11.8 Å². The molecule has 0 bridgehead atoms. The van der Waals surface area contributed by atoms with Crippen LogP contribution in [-0.2, 0) is 11.4 Å². The summed E-state index contributed by atoms with van der Waals surface area (Å²) in [5.41, 5.74) is 1.67. The Morgan fingerprint density at radius 3 is 2.59 bits per heavy atom. The number of rotatable bonds is 10. The lowest BCUT2D eigenvalue weighted by molar-refractivity contribution is -0.384. The lowest BCUT2D eigenvalue weighted by atomic mass is 10.2. The molecular formula is C25H18ClN3O7S. The van der Waals surface area contributed by atoms with E-state index in [0.29, 0.717) is 33.2 Å². The van der Waals surface area contributed by atoms with E-state index in [-0.39, 0.29) is 28.3 Å². The predicted octanol–water partition coefficient (Wildman–Crippen LogP) is 6.10. The van der Waals surface area contributed by atoms with Crippen LogP contribution < -0.4 is 9.47 Å². The lowest BCUT2D eigenvalue weighted by Crippen LogP contribution is -2.00. The van der Waals surface area contributed by atoms with Gasteiger partial charge in [-0.2, -0.15) is 0 Å². The Balaban J connectivity index is 1.54. The number of aromatic nitrogens is 2. The normalized spacial score (nSPS) is 11.2. The Hall–Kier alpha value is -4.35. The summed E-state index contributed by atoms with van der Waals surface area (Å²) in [7, 11) is 1.49. The van der Waals surface area contributed by atoms with Crippen molar-refractivity contribution in [3.05, 3.63) is 97.9 Å². The largest absolute Gasteiger partial charge is 0.496 e. The van der Waals surface area contributed by atoms with E-state index in [2.05, 4.69) is 10.2 Å². The topological polar surface area (TPSA) is 138 Å². The SMILES string of the molecule is COc1ccc(Cl)cc1-c1nnc(S/C(=C\c2ccccc2OCc2ccc([N+](=O)[O-])cc2)C(=O)O)o1. The van der Waals surface area contributed by atoms with E-state index >= 15 is 0 Å². The minimum absolute atomic E-state index is 0.00922. The molecule has 1 aromatic heterocycles. The first kappa shape index (κ1) is 25.7. The number of carboxylic acid groups (broad SMARTS) is 1. The molecule has 4 rings (SSSR count). The molecule has 12 heteroatoms. The first-order valence-corrected chi connectivity index (χ1v) is 11.8. The molecule has 0 unspecified atom stereocenters. The Labute approximate surface area is 219 Å². The molecule has 0 fully saturated rings. The van der Waals surface area contributed by atoms with Gasteiger partial charge in [-0.15, -0.1) is 10.2 Å². The molecule has 0 atom stereocenters. The summed E-state index contributed by atoms with van der Waals surface area (Å²) in [6.07, 6.45) is 1.43. The molecule has 0 aliphatic rings. The molecule has 37 heavy (non-hydrogen) atoms. The number of non-ortho nitro benzene ring substituents is 1. The third kappa shape index (κ3) is 6.46. The van der Waals surface area contributed by atoms with Crippen molar-refractivity contribution < 1.29 is 28.7 Å². The number of nitro benzene ring substituents is 1. The molecule has 0 spiro atoms. The lowest BCUT2D eigenvalue weighted by Gasteiger charge is -2.10. The monoisotopic (exact) mass is 539 g/mol. The molecule has 0 radical (unpaired) electrons. The summed E-state index contributed by atoms with van der Waals surface area (Å²) in [5.74, 6) is -0.179. The summed E-state index contributed by atoms with van der Waals surface area (Å²) < 4.78 is 16.8. The second kappa shape index (κ2) is 11.6. The minimum atomic E-state index is -1.20. The molecule has 0 aliphatic carbocycles. The van der Waals surface area contributed by atoms with Crippen LogP contribution in [0.25, 0.3) is 17.5 Å². The van der Waals surface area contributed by atoms with E-state index in [9.17, 15) is 20.0 Å². The molecule has 0 aliphatic heterocycles. The van der Waals surface area contributed by atoms with Crippen LogP contribution in [0.15, 0.2) is 81.3 Å². The van der Waals surface area contributed by atoms with Gasteiger partial charge in [-0.3, -0.25) is 10.1 Å². The van der Waals surface area contributed by atoms with Crippen molar-refractivity contribution in [1.29, 1.82) is 0 Å². The van der Waals surface area contributed by atoms with Crippen LogP contribution in [0, 0.1) is 10.1 Å². The maximum atomic E-state index is 12.0. The number of nitro groups is 1. The summed E-state index contributed by atoms with van der Waals surface area (Å²) in [5, 5.41) is 29.0. The van der Waals surface area contributed by atoms with Crippen molar-refractivity contribution in [3.8, 4) is 23.0 Å². The molecule has 4 aromatic rings. The predicted molar refractivity (Wildman–Crippen MR) is 137 cm³/mol. The molecule has 3 aromatic carbocycles. The summed E-state index contributed by atoms with van der Waals surface area (Å²) in [6.45, 7) is 0.132. The highest BCUT2D eigenvalue weighted by atomic mass is 35.5. The fourth-order valence-electron chi connectivity index (χ4n) is 3.18. The summed E-state index contributed by atoms with van der Waals surface area (Å²) in [4.78, 5) is 22.3. The standard InChI is InChI=1S/C25H18ClN3O7S/c1-34-21-11-8-17(26)13-19(21)23-27-28-25(36-23)37-22(24(30)31)12-16-4-2-3-5-20(16)35-14-15-6-9-18(10-7-15)29(32)33/h2-13H,14H2,1H3,(H,30,31)/b22-12-. The number of thioether (sulfide) groups is 1. The molecule has 0 amide bonds. The molecule has 10 nitrogen and oxygen atoms in total. The van der Waals surface area contributed by atoms with Crippen LogP contribution in [0.4, 0.5) is 5.69 Å². The minimum Gasteiger partial charge on any atom is -0.496 e. The Morgan fingerprint density at radius 1 is 1.14 bits per heavy atom. The van der Waals surface area contributed by atoms with Crippen molar-refractivity contribution in [2.75, 3.05) is 7.11 Å². The fourth-order valence-corrected chi connectivity index (χ4v) is 4.02. The van der Waals surface area contributed by atoms with Gasteiger partial charge in [0, 0.05) is 22.7 Å². The highest BCUT2D eigenvalue weighted by Gasteiger charge is 2.19. The third-order valence-electron chi connectivity index (χ3n) is 4.95. The average molecular weight is 540 g/mol. The number of carbonyl (C=O) groups is 1. The quantitative estimate of drug-likeness (QED) is 0.109. The number of methoxy groups -OCH3 is 1. The van der Waals surface area contributed by atoms with Gasteiger partial charge in [0.05, 0.1) is 17.6 Å². The summed E-state index contributed by atoms with van der Waals surface area (Å²) >= 11 is 6.85. The smallest absolute Gasteiger partial charge is 0.342 e. The molecule has 0 saturated heterocycles. The van der Waals surface area contributed by atoms with E-state index < -0.39 is 10.9 Å². The number of benzene rings is 3. The van der Waals surface area contributed by atoms with Crippen LogP contribution in [0.5, 0.6) is 11.5 Å². The maximum absolute atomic E-state index is 12.0. The highest BCUT2D eigenvalue weighted by Crippen LogP contribution is 2.35. The van der Waals surface area contributed by atoms with Crippen molar-refractivity contribution >= 4 is 41.1 Å². The van der Waals surface area contributed by atoms with Crippen molar-refractivity contribution in [2.24, 2.45) is 0 Å². The number of halogens is 1. The molecule has 1 N–H and O–H groups in total. The van der Waals surface area contributed by atoms with Gasteiger partial charge in [0.2, 0.25) is 0 Å². The van der Waals surface area contributed by atoms with Gasteiger partial charge in [0.25, 0.3) is 16.8 Å². The van der Waals surface area contributed by atoms with Gasteiger partial charge < -0.3 is 19.0 Å². The first-order chi connectivity index (χ1) is 17.8. The Morgan fingerprint density at radius 2 is 1.89 bits per heavy atom. The van der Waals surface area contributed by atoms with Gasteiger partial charge in [0.15, 0.2) is 0 Å². The average Bonchev–Trinajstić information content (AvgIpc) is 3.36.